The van der Waals surface area contributed by atoms with E-state index in [0.29, 0.717) is 5.70 Å². The number of carbonyl (C=O) groups excluding carboxylic acids is 1. The molecule has 0 aliphatic heterocycles. The Morgan fingerprint density at radius 2 is 2.35 bits per heavy atom. The summed E-state index contributed by atoms with van der Waals surface area (Å²) >= 11 is 0. The summed E-state index contributed by atoms with van der Waals surface area (Å²) in [5, 5.41) is 22.1. The SMILES string of the molecule is CC(=O)NC1=CC=CC(CC#N)([N+](=O)[O-])C=C1. The molecule has 0 radical (unpaired) electrons. The summed E-state index contributed by atoms with van der Waals surface area (Å²) in [6.45, 7) is 1.35. The summed E-state index contributed by atoms with van der Waals surface area (Å²) in [5.74, 6) is -0.261. The van der Waals surface area contributed by atoms with Crippen LogP contribution in [0.3, 0.4) is 0 Å². The molecular formula is C11H11N3O3. The van der Waals surface area contributed by atoms with E-state index in [4.69, 9.17) is 5.26 Å². The molecule has 1 N–H and O–H groups in total. The van der Waals surface area contributed by atoms with Gasteiger partial charge in [0.05, 0.1) is 6.07 Å². The first-order valence-electron chi connectivity index (χ1n) is 4.88. The van der Waals surface area contributed by atoms with Gasteiger partial charge in [-0.2, -0.15) is 5.26 Å². The summed E-state index contributed by atoms with van der Waals surface area (Å²) in [6.07, 6.45) is 6.82. The molecule has 0 aromatic heterocycles. The summed E-state index contributed by atoms with van der Waals surface area (Å²) in [7, 11) is 0. The minimum atomic E-state index is -1.52. The molecule has 0 saturated carbocycles. The van der Waals surface area contributed by atoms with Gasteiger partial charge in [-0.1, -0.05) is 6.08 Å². The Hall–Kier alpha value is -2.42. The highest BCUT2D eigenvalue weighted by Gasteiger charge is 2.37. The van der Waals surface area contributed by atoms with E-state index in [0.717, 1.165) is 0 Å². The molecule has 1 rings (SSSR count). The van der Waals surface area contributed by atoms with Gasteiger partial charge in [0.1, 0.15) is 6.42 Å². The molecule has 1 aliphatic carbocycles. The van der Waals surface area contributed by atoms with E-state index in [1.165, 1.54) is 31.2 Å². The van der Waals surface area contributed by atoms with Crippen molar-refractivity contribution in [3.8, 4) is 6.07 Å². The van der Waals surface area contributed by atoms with Gasteiger partial charge in [-0.3, -0.25) is 14.9 Å². The second-order valence-electron chi connectivity index (χ2n) is 3.58. The normalized spacial score (nSPS) is 22.2. The fourth-order valence-corrected chi connectivity index (χ4v) is 1.38. The van der Waals surface area contributed by atoms with Gasteiger partial charge in [0, 0.05) is 17.5 Å². The summed E-state index contributed by atoms with van der Waals surface area (Å²) < 4.78 is 0. The van der Waals surface area contributed by atoms with Gasteiger partial charge in [-0.25, -0.2) is 0 Å². The molecule has 1 atom stereocenters. The van der Waals surface area contributed by atoms with Crippen molar-refractivity contribution < 1.29 is 9.72 Å². The third-order valence-electron chi connectivity index (χ3n) is 2.23. The lowest BCUT2D eigenvalue weighted by Gasteiger charge is -2.13. The van der Waals surface area contributed by atoms with Crippen LogP contribution in [0.1, 0.15) is 13.3 Å². The summed E-state index contributed by atoms with van der Waals surface area (Å²) in [4.78, 5) is 21.3. The molecule has 0 spiro atoms. The lowest BCUT2D eigenvalue weighted by atomic mass is 9.96. The van der Waals surface area contributed by atoms with Crippen LogP contribution in [0.2, 0.25) is 0 Å². The Labute approximate surface area is 98.1 Å². The molecule has 1 amide bonds. The number of hydrogen-bond acceptors (Lipinski definition) is 4. The van der Waals surface area contributed by atoms with Gasteiger partial charge in [-0.05, 0) is 24.3 Å². The number of nitrogens with one attached hydrogen (secondary N) is 1. The number of amides is 1. The molecular weight excluding hydrogens is 222 g/mol. The smallest absolute Gasteiger partial charge is 0.272 e. The largest absolute Gasteiger partial charge is 0.326 e. The zero-order valence-corrected chi connectivity index (χ0v) is 9.21. The quantitative estimate of drug-likeness (QED) is 0.582. The first-order valence-corrected chi connectivity index (χ1v) is 4.88. The number of carbonyl (C=O) groups is 1. The van der Waals surface area contributed by atoms with Gasteiger partial charge in [-0.15, -0.1) is 0 Å². The molecule has 1 aliphatic rings. The lowest BCUT2D eigenvalue weighted by molar-refractivity contribution is -0.539. The van der Waals surface area contributed by atoms with Crippen molar-refractivity contribution >= 4 is 5.91 Å². The van der Waals surface area contributed by atoms with Gasteiger partial charge >= 0.3 is 0 Å². The predicted octanol–water partition coefficient (Wildman–Crippen LogP) is 1.06. The van der Waals surface area contributed by atoms with Gasteiger partial charge in [0.15, 0.2) is 0 Å². The molecule has 0 aromatic carbocycles. The second-order valence-corrected chi connectivity index (χ2v) is 3.58. The average Bonchev–Trinajstić information content (AvgIpc) is 2.42. The lowest BCUT2D eigenvalue weighted by Crippen LogP contribution is -2.33. The first-order chi connectivity index (χ1) is 8.00. The molecule has 6 heteroatoms. The van der Waals surface area contributed by atoms with Crippen molar-refractivity contribution in [1.29, 1.82) is 5.26 Å². The Balaban J connectivity index is 3.01. The molecule has 1 unspecified atom stereocenters. The van der Waals surface area contributed by atoms with Crippen LogP contribution < -0.4 is 5.32 Å². The maximum absolute atomic E-state index is 11.0. The maximum Gasteiger partial charge on any atom is 0.272 e. The standard InChI is InChI=1S/C11H11N3O3/c1-9(15)13-10-3-2-5-11(6-4-10,7-8-12)14(16)17/h2-6H,7H2,1H3,(H,13,15). The molecule has 0 heterocycles. The molecule has 6 nitrogen and oxygen atoms in total. The van der Waals surface area contributed by atoms with Gasteiger partial charge < -0.3 is 5.32 Å². The summed E-state index contributed by atoms with van der Waals surface area (Å²) in [6, 6.07) is 1.79. The molecule has 0 saturated heterocycles. The van der Waals surface area contributed by atoms with Crippen LogP contribution in [0.25, 0.3) is 0 Å². The van der Waals surface area contributed by atoms with E-state index in [1.54, 1.807) is 12.1 Å². The van der Waals surface area contributed by atoms with Crippen LogP contribution in [0.15, 0.2) is 36.1 Å². The fourth-order valence-electron chi connectivity index (χ4n) is 1.38. The molecule has 88 valence electrons. The van der Waals surface area contributed by atoms with Crippen LogP contribution in [0.4, 0.5) is 0 Å². The Morgan fingerprint density at radius 1 is 1.65 bits per heavy atom. The third-order valence-corrected chi connectivity index (χ3v) is 2.23. The first kappa shape index (κ1) is 12.6. The average molecular weight is 233 g/mol. The van der Waals surface area contributed by atoms with Gasteiger partial charge in [0.2, 0.25) is 5.91 Å². The van der Waals surface area contributed by atoms with E-state index >= 15 is 0 Å². The maximum atomic E-state index is 11.0. The van der Waals surface area contributed by atoms with Crippen molar-refractivity contribution in [2.75, 3.05) is 0 Å². The monoisotopic (exact) mass is 233 g/mol. The van der Waals surface area contributed by atoms with Crippen LogP contribution in [-0.2, 0) is 4.79 Å². The van der Waals surface area contributed by atoms with Crippen molar-refractivity contribution in [2.24, 2.45) is 0 Å². The molecule has 0 fully saturated rings. The van der Waals surface area contributed by atoms with Crippen molar-refractivity contribution in [3.63, 3.8) is 0 Å². The van der Waals surface area contributed by atoms with E-state index in [1.807, 2.05) is 0 Å². The fraction of sp³-hybridized carbons (Fsp3) is 0.273. The zero-order chi connectivity index (χ0) is 12.9. The minimum Gasteiger partial charge on any atom is -0.326 e. The Morgan fingerprint density at radius 3 is 2.88 bits per heavy atom. The minimum absolute atomic E-state index is 0.256. The van der Waals surface area contributed by atoms with Crippen LogP contribution >= 0.6 is 0 Å². The van der Waals surface area contributed by atoms with E-state index in [2.05, 4.69) is 5.32 Å². The predicted molar refractivity (Wildman–Crippen MR) is 60.1 cm³/mol. The van der Waals surface area contributed by atoms with Gasteiger partial charge in [0.25, 0.3) is 5.54 Å². The highest BCUT2D eigenvalue weighted by Crippen LogP contribution is 2.21. The number of nitriles is 1. The topological polar surface area (TPSA) is 96.0 Å². The number of allylic oxidation sites excluding steroid dienone is 3. The van der Waals surface area contributed by atoms with E-state index in [9.17, 15) is 14.9 Å². The van der Waals surface area contributed by atoms with Crippen molar-refractivity contribution in [2.45, 2.75) is 18.9 Å². The zero-order valence-electron chi connectivity index (χ0n) is 9.21. The molecule has 0 bridgehead atoms. The van der Waals surface area contributed by atoms with Crippen LogP contribution in [0.5, 0.6) is 0 Å². The van der Waals surface area contributed by atoms with Crippen LogP contribution in [0, 0.1) is 21.4 Å². The highest BCUT2D eigenvalue weighted by atomic mass is 16.6. The second kappa shape index (κ2) is 5.07. The number of nitrogens with zero attached hydrogens (tertiary/aromatic N) is 2. The highest BCUT2D eigenvalue weighted by molar-refractivity contribution is 5.75. The third kappa shape index (κ3) is 3.01. The summed E-state index contributed by atoms with van der Waals surface area (Å²) in [5.41, 5.74) is -1.07. The van der Waals surface area contributed by atoms with Crippen molar-refractivity contribution in [3.05, 3.63) is 46.2 Å². The van der Waals surface area contributed by atoms with E-state index < -0.39 is 10.5 Å². The number of hydrogen-bond donors (Lipinski definition) is 1. The van der Waals surface area contributed by atoms with E-state index in [-0.39, 0.29) is 12.3 Å². The number of nitro groups is 1. The number of rotatable bonds is 3. The molecule has 0 aromatic rings. The Bertz CT molecular complexity index is 471. The molecule has 17 heavy (non-hydrogen) atoms. The van der Waals surface area contributed by atoms with Crippen molar-refractivity contribution in [1.82, 2.24) is 5.32 Å². The Kier molecular flexibility index (Phi) is 3.78. The van der Waals surface area contributed by atoms with Crippen LogP contribution in [-0.4, -0.2) is 16.4 Å².